The van der Waals surface area contributed by atoms with E-state index in [-0.39, 0.29) is 5.82 Å². The number of hydrogen-bond acceptors (Lipinski definition) is 3. The maximum atomic E-state index is 13.5. The van der Waals surface area contributed by atoms with Crippen LogP contribution in [-0.2, 0) is 6.54 Å². The van der Waals surface area contributed by atoms with Gasteiger partial charge in [0.05, 0.1) is 11.0 Å². The largest absolute Gasteiger partial charge is 0.399 e. The molecule has 120 valence electrons. The van der Waals surface area contributed by atoms with Crippen molar-refractivity contribution in [2.75, 3.05) is 26.4 Å². The van der Waals surface area contributed by atoms with Crippen molar-refractivity contribution in [2.45, 2.75) is 13.0 Å². The molecule has 0 radical (unpaired) electrons. The van der Waals surface area contributed by atoms with Gasteiger partial charge in [-0.05, 0) is 51.3 Å². The molecule has 1 aromatic heterocycles. The summed E-state index contributed by atoms with van der Waals surface area (Å²) in [6, 6.07) is 12.4. The summed E-state index contributed by atoms with van der Waals surface area (Å²) in [4.78, 5) is 6.79. The number of halogens is 1. The van der Waals surface area contributed by atoms with Crippen LogP contribution in [0.1, 0.15) is 6.42 Å². The van der Waals surface area contributed by atoms with Gasteiger partial charge in [-0.1, -0.05) is 12.1 Å². The first kappa shape index (κ1) is 15.5. The van der Waals surface area contributed by atoms with Crippen LogP contribution in [0.25, 0.3) is 22.4 Å². The number of rotatable bonds is 5. The van der Waals surface area contributed by atoms with Gasteiger partial charge in [0.2, 0.25) is 0 Å². The van der Waals surface area contributed by atoms with Gasteiger partial charge in [0.25, 0.3) is 0 Å². The first-order valence-corrected chi connectivity index (χ1v) is 7.71. The highest BCUT2D eigenvalue weighted by Gasteiger charge is 2.13. The van der Waals surface area contributed by atoms with Crippen LogP contribution < -0.4 is 5.73 Å². The molecule has 0 saturated heterocycles. The Bertz CT molecular complexity index is 823. The summed E-state index contributed by atoms with van der Waals surface area (Å²) in [6.45, 7) is 1.81. The molecule has 0 fully saturated rings. The van der Waals surface area contributed by atoms with E-state index in [4.69, 9.17) is 5.73 Å². The van der Waals surface area contributed by atoms with Crippen LogP contribution in [-0.4, -0.2) is 35.1 Å². The molecule has 1 heterocycles. The minimum atomic E-state index is -0.269. The number of benzene rings is 2. The summed E-state index contributed by atoms with van der Waals surface area (Å²) >= 11 is 0. The maximum Gasteiger partial charge on any atom is 0.141 e. The molecule has 2 N–H and O–H groups in total. The van der Waals surface area contributed by atoms with Crippen LogP contribution in [0.3, 0.4) is 0 Å². The second-order valence-electron chi connectivity index (χ2n) is 6.00. The SMILES string of the molecule is CN(C)CCCn1c(-c2cccc(N)c2)nc2cc(F)ccc21. The standard InChI is InChI=1S/C18H21FN4/c1-22(2)9-4-10-23-17-8-7-14(19)12-16(17)21-18(23)13-5-3-6-15(20)11-13/h3,5-8,11-12H,4,9-10,20H2,1-2H3. The minimum absolute atomic E-state index is 0.269. The van der Waals surface area contributed by atoms with Crippen LogP contribution in [0.5, 0.6) is 0 Å². The zero-order valence-electron chi connectivity index (χ0n) is 13.5. The molecule has 4 nitrogen and oxygen atoms in total. The Morgan fingerprint density at radius 1 is 1.17 bits per heavy atom. The zero-order chi connectivity index (χ0) is 16.4. The van der Waals surface area contributed by atoms with Gasteiger partial charge in [-0.25, -0.2) is 9.37 Å². The lowest BCUT2D eigenvalue weighted by molar-refractivity contribution is 0.388. The van der Waals surface area contributed by atoms with E-state index in [0.717, 1.165) is 36.4 Å². The van der Waals surface area contributed by atoms with Gasteiger partial charge in [0.15, 0.2) is 0 Å². The first-order chi connectivity index (χ1) is 11.0. The van der Waals surface area contributed by atoms with Crippen molar-refractivity contribution < 1.29 is 4.39 Å². The molecule has 3 rings (SSSR count). The van der Waals surface area contributed by atoms with Gasteiger partial charge in [-0.15, -0.1) is 0 Å². The third-order valence-corrected chi connectivity index (χ3v) is 3.84. The van der Waals surface area contributed by atoms with E-state index in [9.17, 15) is 4.39 Å². The Morgan fingerprint density at radius 3 is 2.74 bits per heavy atom. The molecule has 2 aromatic carbocycles. The van der Waals surface area contributed by atoms with Crippen molar-refractivity contribution in [3.63, 3.8) is 0 Å². The molecule has 0 aliphatic heterocycles. The number of nitrogen functional groups attached to an aromatic ring is 1. The summed E-state index contributed by atoms with van der Waals surface area (Å²) in [5.74, 6) is 0.561. The van der Waals surface area contributed by atoms with Crippen molar-refractivity contribution in [2.24, 2.45) is 0 Å². The predicted octanol–water partition coefficient (Wildman–Crippen LogP) is 3.38. The van der Waals surface area contributed by atoms with Gasteiger partial charge >= 0.3 is 0 Å². The molecule has 5 heteroatoms. The van der Waals surface area contributed by atoms with E-state index in [1.807, 2.05) is 24.3 Å². The second kappa shape index (κ2) is 6.38. The Kier molecular flexibility index (Phi) is 4.30. The average molecular weight is 312 g/mol. The molecule has 0 aliphatic rings. The van der Waals surface area contributed by atoms with Crippen molar-refractivity contribution in [3.8, 4) is 11.4 Å². The highest BCUT2D eigenvalue weighted by atomic mass is 19.1. The topological polar surface area (TPSA) is 47.1 Å². The summed E-state index contributed by atoms with van der Waals surface area (Å²) in [7, 11) is 4.11. The number of imidazole rings is 1. The first-order valence-electron chi connectivity index (χ1n) is 7.71. The average Bonchev–Trinajstić information content (AvgIpc) is 2.85. The number of nitrogens with zero attached hydrogens (tertiary/aromatic N) is 3. The Labute approximate surface area is 135 Å². The molecule has 0 spiro atoms. The van der Waals surface area contributed by atoms with Crippen LogP contribution >= 0.6 is 0 Å². The van der Waals surface area contributed by atoms with Crippen LogP contribution in [0.2, 0.25) is 0 Å². The number of anilines is 1. The normalized spacial score (nSPS) is 11.5. The zero-order valence-corrected chi connectivity index (χ0v) is 13.5. The highest BCUT2D eigenvalue weighted by molar-refractivity contribution is 5.81. The number of aromatic nitrogens is 2. The number of hydrogen-bond donors (Lipinski definition) is 1. The summed E-state index contributed by atoms with van der Waals surface area (Å²) in [6.07, 6.45) is 0.991. The van der Waals surface area contributed by atoms with Gasteiger partial charge in [-0.3, -0.25) is 0 Å². The van der Waals surface area contributed by atoms with E-state index in [2.05, 4.69) is 28.5 Å². The summed E-state index contributed by atoms with van der Waals surface area (Å²) < 4.78 is 15.7. The van der Waals surface area contributed by atoms with E-state index in [1.54, 1.807) is 6.07 Å². The molecule has 0 unspecified atom stereocenters. The summed E-state index contributed by atoms with van der Waals surface area (Å²) in [5.41, 5.74) is 9.17. The van der Waals surface area contributed by atoms with Crippen LogP contribution in [0.4, 0.5) is 10.1 Å². The molecule has 0 atom stereocenters. The number of aryl methyl sites for hydroxylation is 1. The van der Waals surface area contributed by atoms with Gasteiger partial charge in [-0.2, -0.15) is 0 Å². The molecule has 0 aliphatic carbocycles. The Hall–Kier alpha value is -2.40. The number of fused-ring (bicyclic) bond motifs is 1. The third kappa shape index (κ3) is 3.35. The fourth-order valence-electron chi connectivity index (χ4n) is 2.77. The lowest BCUT2D eigenvalue weighted by atomic mass is 10.2. The van der Waals surface area contributed by atoms with E-state index in [1.165, 1.54) is 12.1 Å². The predicted molar refractivity (Wildman–Crippen MR) is 92.7 cm³/mol. The van der Waals surface area contributed by atoms with Gasteiger partial charge < -0.3 is 15.2 Å². The molecule has 23 heavy (non-hydrogen) atoms. The second-order valence-corrected chi connectivity index (χ2v) is 6.00. The lowest BCUT2D eigenvalue weighted by Gasteiger charge is -2.12. The van der Waals surface area contributed by atoms with Crippen molar-refractivity contribution >= 4 is 16.7 Å². The maximum absolute atomic E-state index is 13.5. The van der Waals surface area contributed by atoms with E-state index in [0.29, 0.717) is 11.2 Å². The van der Waals surface area contributed by atoms with Crippen molar-refractivity contribution in [3.05, 3.63) is 48.3 Å². The Balaban J connectivity index is 2.07. The molecule has 0 amide bonds. The van der Waals surface area contributed by atoms with E-state index >= 15 is 0 Å². The molecule has 3 aromatic rings. The van der Waals surface area contributed by atoms with Gasteiger partial charge in [0.1, 0.15) is 11.6 Å². The molecular weight excluding hydrogens is 291 g/mol. The molecule has 0 bridgehead atoms. The highest BCUT2D eigenvalue weighted by Crippen LogP contribution is 2.27. The smallest absolute Gasteiger partial charge is 0.141 e. The van der Waals surface area contributed by atoms with Crippen molar-refractivity contribution in [1.29, 1.82) is 0 Å². The summed E-state index contributed by atoms with van der Waals surface area (Å²) in [5, 5.41) is 0. The third-order valence-electron chi connectivity index (χ3n) is 3.84. The monoisotopic (exact) mass is 312 g/mol. The fourth-order valence-corrected chi connectivity index (χ4v) is 2.77. The quantitative estimate of drug-likeness (QED) is 0.735. The molecule has 0 saturated carbocycles. The lowest BCUT2D eigenvalue weighted by Crippen LogP contribution is -2.15. The van der Waals surface area contributed by atoms with Crippen LogP contribution in [0.15, 0.2) is 42.5 Å². The molecular formula is C18H21FN4. The fraction of sp³-hybridized carbons (Fsp3) is 0.278. The number of nitrogens with two attached hydrogens (primary N) is 1. The minimum Gasteiger partial charge on any atom is -0.399 e. The van der Waals surface area contributed by atoms with Crippen molar-refractivity contribution in [1.82, 2.24) is 14.5 Å². The van der Waals surface area contributed by atoms with E-state index < -0.39 is 0 Å². The Morgan fingerprint density at radius 2 is 2.00 bits per heavy atom. The van der Waals surface area contributed by atoms with Gasteiger partial charge in [0, 0.05) is 23.9 Å². The van der Waals surface area contributed by atoms with Crippen LogP contribution in [0, 0.1) is 5.82 Å².